The molecule has 10 nitrogen and oxygen atoms in total. The molecule has 3 amide bonds. The molecule has 1 aromatic heterocycles. The molecule has 5 heterocycles. The number of nitrogens with zero attached hydrogens (tertiary/aromatic N) is 5. The van der Waals surface area contributed by atoms with E-state index in [2.05, 4.69) is 86.5 Å². The average molecular weight is 739 g/mol. The Morgan fingerprint density at radius 2 is 1.49 bits per heavy atom. The number of phenols is 1. The van der Waals surface area contributed by atoms with Crippen LogP contribution in [0.3, 0.4) is 0 Å². The van der Waals surface area contributed by atoms with E-state index in [1.807, 2.05) is 18.2 Å². The second-order valence-corrected chi connectivity index (χ2v) is 15.3. The monoisotopic (exact) mass is 738 g/mol. The normalized spacial score (nSPS) is 20.1. The Hall–Kier alpha value is -5.48. The van der Waals surface area contributed by atoms with E-state index in [0.29, 0.717) is 18.5 Å². The van der Waals surface area contributed by atoms with Gasteiger partial charge in [0.1, 0.15) is 17.6 Å². The van der Waals surface area contributed by atoms with Gasteiger partial charge in [-0.05, 0) is 108 Å². The summed E-state index contributed by atoms with van der Waals surface area (Å²) < 4.78 is 0. The fraction of sp³-hybridized carbons (Fsp3) is 0.378. The van der Waals surface area contributed by atoms with Crippen LogP contribution in [0, 0.1) is 5.92 Å². The largest absolute Gasteiger partial charge is 0.508 e. The van der Waals surface area contributed by atoms with Crippen molar-refractivity contribution in [3.63, 3.8) is 0 Å². The van der Waals surface area contributed by atoms with E-state index >= 15 is 0 Å². The summed E-state index contributed by atoms with van der Waals surface area (Å²) in [5.41, 5.74) is 8.73. The summed E-state index contributed by atoms with van der Waals surface area (Å²) in [4.78, 5) is 50.8. The highest BCUT2D eigenvalue weighted by Crippen LogP contribution is 2.36. The van der Waals surface area contributed by atoms with Gasteiger partial charge in [0.05, 0.1) is 5.56 Å². The van der Waals surface area contributed by atoms with Gasteiger partial charge in [-0.3, -0.25) is 24.6 Å². The highest BCUT2D eigenvalue weighted by atomic mass is 16.3. The van der Waals surface area contributed by atoms with E-state index in [0.717, 1.165) is 75.1 Å². The smallest absolute Gasteiger partial charge is 0.256 e. The van der Waals surface area contributed by atoms with Gasteiger partial charge in [0.2, 0.25) is 11.8 Å². The van der Waals surface area contributed by atoms with Crippen molar-refractivity contribution < 1.29 is 19.5 Å². The van der Waals surface area contributed by atoms with Crippen LogP contribution in [0.25, 0.3) is 11.1 Å². The molecule has 1 atom stereocenters. The van der Waals surface area contributed by atoms with Gasteiger partial charge in [-0.2, -0.15) is 0 Å². The molecule has 0 bridgehead atoms. The molecule has 1 unspecified atom stereocenters. The number of benzene rings is 3. The summed E-state index contributed by atoms with van der Waals surface area (Å²) in [7, 11) is 0. The Kier molecular flexibility index (Phi) is 10.7. The number of phenolic OH excluding ortho intramolecular Hbond substituents is 1. The van der Waals surface area contributed by atoms with Crippen LogP contribution in [-0.2, 0) is 16.1 Å². The fourth-order valence-corrected chi connectivity index (χ4v) is 8.81. The summed E-state index contributed by atoms with van der Waals surface area (Å²) in [5, 5.41) is 12.4. The minimum atomic E-state index is -0.614. The minimum absolute atomic E-state index is 0.185. The number of imide groups is 1. The number of hydrogen-bond donors (Lipinski definition) is 2. The van der Waals surface area contributed by atoms with Crippen molar-refractivity contribution >= 4 is 40.4 Å². The zero-order valence-electron chi connectivity index (χ0n) is 31.6. The summed E-state index contributed by atoms with van der Waals surface area (Å²) in [5.74, 6) is 1.02. The second-order valence-electron chi connectivity index (χ2n) is 15.3. The number of piperazine rings is 1. The fourth-order valence-electron chi connectivity index (χ4n) is 8.81. The first-order valence-electron chi connectivity index (χ1n) is 19.9. The first kappa shape index (κ1) is 36.5. The van der Waals surface area contributed by atoms with Gasteiger partial charge in [0, 0.05) is 64.1 Å². The molecule has 3 fully saturated rings. The number of carbonyl (C=O) groups excluding carboxylic acids is 3. The molecule has 0 spiro atoms. The van der Waals surface area contributed by atoms with Gasteiger partial charge >= 0.3 is 0 Å². The number of hydrogen-bond acceptors (Lipinski definition) is 8. The molecule has 55 heavy (non-hydrogen) atoms. The van der Waals surface area contributed by atoms with Crippen LogP contribution in [0.4, 0.5) is 11.5 Å². The maximum Gasteiger partial charge on any atom is 0.256 e. The van der Waals surface area contributed by atoms with E-state index in [4.69, 9.17) is 0 Å². The number of aromatic hydroxyl groups is 1. The molecule has 4 aliphatic rings. The number of piperidine rings is 2. The van der Waals surface area contributed by atoms with E-state index in [1.165, 1.54) is 47.2 Å². The number of allylic oxidation sites excluding steroid dienone is 1. The van der Waals surface area contributed by atoms with Crippen LogP contribution in [0.2, 0.25) is 0 Å². The van der Waals surface area contributed by atoms with Crippen molar-refractivity contribution in [2.75, 3.05) is 55.6 Å². The molecule has 284 valence electrons. The van der Waals surface area contributed by atoms with Crippen molar-refractivity contribution in [1.29, 1.82) is 0 Å². The summed E-state index contributed by atoms with van der Waals surface area (Å²) in [6.45, 7) is 9.56. The minimum Gasteiger partial charge on any atom is -0.508 e. The lowest BCUT2D eigenvalue weighted by Crippen LogP contribution is -2.52. The molecule has 4 aliphatic heterocycles. The molecule has 0 saturated carbocycles. The number of pyridine rings is 1. The Balaban J connectivity index is 0.824. The highest BCUT2D eigenvalue weighted by molar-refractivity contribution is 6.05. The van der Waals surface area contributed by atoms with Crippen molar-refractivity contribution in [2.24, 2.45) is 5.92 Å². The number of rotatable bonds is 10. The maximum atomic E-state index is 13.1. The molecule has 8 rings (SSSR count). The number of nitrogens with one attached hydrogen (secondary N) is 1. The predicted octanol–water partition coefficient (Wildman–Crippen LogP) is 6.35. The lowest BCUT2D eigenvalue weighted by atomic mass is 9.88. The topological polar surface area (TPSA) is 109 Å². The number of aromatic nitrogens is 1. The SMILES string of the molecule is CC/C(=C(\c1ccc(O)cc1)c1ccc(N2CCC(CCN3CCN(c4cc5c(cn4)C(=O)N(C4CCC(=O)NC4=O)C5)CC3)CC2)cc1)c1ccccc1. The molecule has 0 radical (unpaired) electrons. The van der Waals surface area contributed by atoms with Crippen molar-refractivity contribution in [2.45, 2.75) is 58.0 Å². The first-order valence-corrected chi connectivity index (χ1v) is 19.9. The number of amides is 3. The van der Waals surface area contributed by atoms with Crippen LogP contribution >= 0.6 is 0 Å². The molecular formula is C45H50N6O4. The van der Waals surface area contributed by atoms with Crippen LogP contribution in [0.5, 0.6) is 5.75 Å². The Labute approximate surface area is 323 Å². The van der Waals surface area contributed by atoms with Crippen LogP contribution in [0.15, 0.2) is 91.1 Å². The summed E-state index contributed by atoms with van der Waals surface area (Å²) in [6.07, 6.45) is 6.77. The van der Waals surface area contributed by atoms with Crippen LogP contribution in [0.1, 0.15) is 78.1 Å². The van der Waals surface area contributed by atoms with Gasteiger partial charge in [-0.25, -0.2) is 4.98 Å². The lowest BCUT2D eigenvalue weighted by Gasteiger charge is -2.37. The summed E-state index contributed by atoms with van der Waals surface area (Å²) in [6, 6.07) is 28.6. The standard InChI is InChI=1S/C45H50N6O4/c1-2-38(32-6-4-3-5-7-32)43(34-10-14-37(52)15-11-34)33-8-12-36(13-9-33)49-22-19-31(20-23-49)18-21-48-24-26-50(27-25-48)41-28-35-30-51(45(55)39(35)29-46-41)40-16-17-42(53)47-44(40)54/h3-15,28-29,31,40,52H,2,16-27,30H2,1H3,(H,47,53,54)/b43-38+. The van der Waals surface area contributed by atoms with Gasteiger partial charge in [-0.15, -0.1) is 0 Å². The molecule has 3 aromatic carbocycles. The third-order valence-electron chi connectivity index (χ3n) is 12.0. The lowest BCUT2D eigenvalue weighted by molar-refractivity contribution is -0.136. The van der Waals surface area contributed by atoms with Crippen molar-refractivity contribution in [1.82, 2.24) is 20.1 Å². The molecule has 10 heteroatoms. The van der Waals surface area contributed by atoms with E-state index in [1.54, 1.807) is 23.2 Å². The number of carbonyl (C=O) groups is 3. The van der Waals surface area contributed by atoms with Crippen molar-refractivity contribution in [3.8, 4) is 5.75 Å². The van der Waals surface area contributed by atoms with Crippen molar-refractivity contribution in [3.05, 3.63) is 119 Å². The van der Waals surface area contributed by atoms with Gasteiger partial charge in [-0.1, -0.05) is 61.5 Å². The number of anilines is 2. The average Bonchev–Trinajstić information content (AvgIpc) is 3.55. The van der Waals surface area contributed by atoms with Gasteiger partial charge in [0.25, 0.3) is 5.91 Å². The molecule has 2 N–H and O–H groups in total. The Bertz CT molecular complexity index is 2050. The Morgan fingerprint density at radius 1 is 0.800 bits per heavy atom. The zero-order valence-corrected chi connectivity index (χ0v) is 31.6. The molecule has 4 aromatic rings. The Morgan fingerprint density at radius 3 is 2.16 bits per heavy atom. The van der Waals surface area contributed by atoms with Crippen LogP contribution < -0.4 is 15.1 Å². The third kappa shape index (κ3) is 7.87. The first-order chi connectivity index (χ1) is 26.8. The second kappa shape index (κ2) is 16.1. The maximum absolute atomic E-state index is 13.1. The number of fused-ring (bicyclic) bond motifs is 1. The van der Waals surface area contributed by atoms with E-state index in [9.17, 15) is 19.5 Å². The van der Waals surface area contributed by atoms with Gasteiger partial charge < -0.3 is 19.8 Å². The summed E-state index contributed by atoms with van der Waals surface area (Å²) >= 11 is 0. The van der Waals surface area contributed by atoms with E-state index < -0.39 is 11.9 Å². The third-order valence-corrected chi connectivity index (χ3v) is 12.0. The molecule has 0 aliphatic carbocycles. The van der Waals surface area contributed by atoms with Crippen LogP contribution in [-0.4, -0.2) is 89.5 Å². The van der Waals surface area contributed by atoms with E-state index in [-0.39, 0.29) is 24.0 Å². The molecule has 3 saturated heterocycles. The van der Waals surface area contributed by atoms with Gasteiger partial charge in [0.15, 0.2) is 0 Å². The molecular weight excluding hydrogens is 689 g/mol. The quantitative estimate of drug-likeness (QED) is 0.143. The highest BCUT2D eigenvalue weighted by Gasteiger charge is 2.39. The predicted molar refractivity (Wildman–Crippen MR) is 216 cm³/mol. The zero-order chi connectivity index (χ0) is 37.9.